The van der Waals surface area contributed by atoms with E-state index in [9.17, 15) is 5.11 Å². The van der Waals surface area contributed by atoms with Gasteiger partial charge in [0.05, 0.1) is 11.6 Å². The van der Waals surface area contributed by atoms with Crippen molar-refractivity contribution in [2.24, 2.45) is 0 Å². The highest BCUT2D eigenvalue weighted by Crippen LogP contribution is 2.35. The summed E-state index contributed by atoms with van der Waals surface area (Å²) in [5.41, 5.74) is 0.828. The van der Waals surface area contributed by atoms with Crippen LogP contribution in [0.4, 0.5) is 0 Å². The van der Waals surface area contributed by atoms with E-state index in [1.807, 2.05) is 62.2 Å². The highest BCUT2D eigenvalue weighted by molar-refractivity contribution is 6.31. The van der Waals surface area contributed by atoms with Crippen molar-refractivity contribution in [2.75, 3.05) is 13.6 Å². The molecular weight excluding hydrogens is 322 g/mol. The lowest BCUT2D eigenvalue weighted by atomic mass is 9.90. The third-order valence-corrected chi connectivity index (χ3v) is 4.42. The van der Waals surface area contributed by atoms with Crippen molar-refractivity contribution in [1.29, 1.82) is 0 Å². The maximum absolute atomic E-state index is 11.0. The van der Waals surface area contributed by atoms with Gasteiger partial charge < -0.3 is 14.7 Å². The van der Waals surface area contributed by atoms with Crippen molar-refractivity contribution >= 4 is 11.6 Å². The minimum atomic E-state index is -1.04. The molecule has 2 rings (SSSR count). The van der Waals surface area contributed by atoms with Crippen molar-refractivity contribution in [1.82, 2.24) is 4.90 Å². The molecule has 1 unspecified atom stereocenters. The molecule has 0 spiro atoms. The summed E-state index contributed by atoms with van der Waals surface area (Å²) in [6.45, 7) is 8.11. The second-order valence-corrected chi connectivity index (χ2v) is 6.45. The van der Waals surface area contributed by atoms with E-state index < -0.39 is 5.60 Å². The van der Waals surface area contributed by atoms with Gasteiger partial charge in [0.25, 0.3) is 0 Å². The maximum atomic E-state index is 11.0. The van der Waals surface area contributed by atoms with Gasteiger partial charge >= 0.3 is 0 Å². The second kappa shape index (κ2) is 7.73. The predicted octanol–water partition coefficient (Wildman–Crippen LogP) is 5.11. The molecule has 1 atom stereocenters. The molecule has 128 valence electrons. The predicted molar refractivity (Wildman–Crippen MR) is 99.7 cm³/mol. The number of aryl methyl sites for hydroxylation is 1. The number of hydrogen-bond donors (Lipinski definition) is 1. The average Bonchev–Trinajstić information content (AvgIpc) is 2.56. The summed E-state index contributed by atoms with van der Waals surface area (Å²) in [6.07, 6.45) is 2.23. The van der Waals surface area contributed by atoms with Crippen LogP contribution in [0.25, 0.3) is 0 Å². The third-order valence-electron chi connectivity index (χ3n) is 4.11. The first-order valence-corrected chi connectivity index (χ1v) is 8.35. The van der Waals surface area contributed by atoms with E-state index in [1.54, 1.807) is 12.3 Å². The van der Waals surface area contributed by atoms with Gasteiger partial charge in [0.1, 0.15) is 17.1 Å². The number of rotatable bonds is 7. The van der Waals surface area contributed by atoms with Crippen LogP contribution in [0, 0.1) is 6.92 Å². The van der Waals surface area contributed by atoms with Gasteiger partial charge in [0, 0.05) is 12.6 Å². The standard InChI is InChI=1S/C20H24ClNO2/c1-5-20(23,14-22(4)6-2)18-12-11-17(13-19(18)21)24-16-9-7-15(3)8-10-16/h6-13,23H,2,5,14H2,1,3-4H3. The van der Waals surface area contributed by atoms with E-state index in [0.717, 1.165) is 5.75 Å². The summed E-state index contributed by atoms with van der Waals surface area (Å²) in [7, 11) is 1.87. The Morgan fingerprint density at radius 3 is 2.38 bits per heavy atom. The monoisotopic (exact) mass is 345 g/mol. The number of hydrogen-bond acceptors (Lipinski definition) is 3. The van der Waals surface area contributed by atoms with E-state index in [1.165, 1.54) is 5.56 Å². The molecule has 24 heavy (non-hydrogen) atoms. The molecule has 2 aromatic carbocycles. The summed E-state index contributed by atoms with van der Waals surface area (Å²) in [5.74, 6) is 1.39. The topological polar surface area (TPSA) is 32.7 Å². The molecule has 0 aliphatic rings. The van der Waals surface area contributed by atoms with E-state index in [0.29, 0.717) is 29.3 Å². The molecule has 2 aromatic rings. The first kappa shape index (κ1) is 18.4. The van der Waals surface area contributed by atoms with E-state index in [-0.39, 0.29) is 0 Å². The molecule has 0 saturated heterocycles. The lowest BCUT2D eigenvalue weighted by Gasteiger charge is -2.32. The number of ether oxygens (including phenoxy) is 1. The molecule has 3 nitrogen and oxygen atoms in total. The van der Waals surface area contributed by atoms with Gasteiger partial charge in [0.15, 0.2) is 0 Å². The molecule has 0 aliphatic heterocycles. The molecule has 0 fully saturated rings. The molecule has 0 bridgehead atoms. The molecule has 0 aliphatic carbocycles. The van der Waals surface area contributed by atoms with Crippen LogP contribution in [0.5, 0.6) is 11.5 Å². The van der Waals surface area contributed by atoms with Crippen LogP contribution < -0.4 is 4.74 Å². The number of likely N-dealkylation sites (N-methyl/N-ethyl adjacent to an activating group) is 1. The lowest BCUT2D eigenvalue weighted by Crippen LogP contribution is -2.36. The minimum absolute atomic E-state index is 0.422. The molecule has 1 N–H and O–H groups in total. The van der Waals surface area contributed by atoms with Crippen LogP contribution in [0.15, 0.2) is 55.2 Å². The van der Waals surface area contributed by atoms with Crippen molar-refractivity contribution in [2.45, 2.75) is 25.9 Å². The zero-order chi connectivity index (χ0) is 17.7. The fraction of sp³-hybridized carbons (Fsp3) is 0.300. The van der Waals surface area contributed by atoms with Crippen LogP contribution in [0.1, 0.15) is 24.5 Å². The van der Waals surface area contributed by atoms with Gasteiger partial charge in [-0.1, -0.05) is 48.9 Å². The lowest BCUT2D eigenvalue weighted by molar-refractivity contribution is 0.0122. The van der Waals surface area contributed by atoms with E-state index in [2.05, 4.69) is 6.58 Å². The zero-order valence-corrected chi connectivity index (χ0v) is 15.2. The van der Waals surface area contributed by atoms with E-state index in [4.69, 9.17) is 16.3 Å². The Bertz CT molecular complexity index is 699. The SMILES string of the molecule is C=CN(C)CC(O)(CC)c1ccc(Oc2ccc(C)cc2)cc1Cl. The van der Waals surface area contributed by atoms with Crippen LogP contribution in [-0.4, -0.2) is 23.6 Å². The van der Waals surface area contributed by atoms with Crippen molar-refractivity contribution < 1.29 is 9.84 Å². The van der Waals surface area contributed by atoms with Crippen LogP contribution in [0.2, 0.25) is 5.02 Å². The van der Waals surface area contributed by atoms with Crippen LogP contribution in [-0.2, 0) is 5.60 Å². The molecular formula is C20H24ClNO2. The van der Waals surface area contributed by atoms with Crippen molar-refractivity contribution in [3.63, 3.8) is 0 Å². The zero-order valence-electron chi connectivity index (χ0n) is 14.4. The Hall–Kier alpha value is -1.97. The third kappa shape index (κ3) is 4.31. The smallest absolute Gasteiger partial charge is 0.128 e. The first-order chi connectivity index (χ1) is 11.4. The summed E-state index contributed by atoms with van der Waals surface area (Å²) in [4.78, 5) is 1.84. The summed E-state index contributed by atoms with van der Waals surface area (Å²) in [6, 6.07) is 13.2. The molecule has 0 saturated carbocycles. The maximum Gasteiger partial charge on any atom is 0.128 e. The number of halogens is 1. The van der Waals surface area contributed by atoms with Crippen molar-refractivity contribution in [3.8, 4) is 11.5 Å². The Balaban J connectivity index is 2.24. The Morgan fingerprint density at radius 2 is 1.83 bits per heavy atom. The average molecular weight is 346 g/mol. The Labute approximate surface area is 149 Å². The number of nitrogens with zero attached hydrogens (tertiary/aromatic N) is 1. The van der Waals surface area contributed by atoms with Crippen LogP contribution >= 0.6 is 11.6 Å². The first-order valence-electron chi connectivity index (χ1n) is 7.97. The van der Waals surface area contributed by atoms with Gasteiger partial charge in [-0.2, -0.15) is 0 Å². The minimum Gasteiger partial charge on any atom is -0.457 e. The van der Waals surface area contributed by atoms with Gasteiger partial charge in [-0.05, 0) is 43.8 Å². The van der Waals surface area contributed by atoms with Crippen LogP contribution in [0.3, 0.4) is 0 Å². The van der Waals surface area contributed by atoms with Gasteiger partial charge in [-0.3, -0.25) is 0 Å². The number of benzene rings is 2. The summed E-state index contributed by atoms with van der Waals surface area (Å²) >= 11 is 6.43. The summed E-state index contributed by atoms with van der Waals surface area (Å²) in [5, 5.41) is 11.5. The molecule has 4 heteroatoms. The normalized spacial score (nSPS) is 13.2. The fourth-order valence-corrected chi connectivity index (χ4v) is 2.89. The van der Waals surface area contributed by atoms with Gasteiger partial charge in [-0.25, -0.2) is 0 Å². The quantitative estimate of drug-likeness (QED) is 0.756. The van der Waals surface area contributed by atoms with E-state index >= 15 is 0 Å². The molecule has 0 heterocycles. The largest absolute Gasteiger partial charge is 0.457 e. The molecule has 0 aromatic heterocycles. The fourth-order valence-electron chi connectivity index (χ4n) is 2.54. The molecule has 0 radical (unpaired) electrons. The number of aliphatic hydroxyl groups is 1. The van der Waals surface area contributed by atoms with Gasteiger partial charge in [0.2, 0.25) is 0 Å². The van der Waals surface area contributed by atoms with Crippen molar-refractivity contribution in [3.05, 3.63) is 71.4 Å². The highest BCUT2D eigenvalue weighted by atomic mass is 35.5. The Kier molecular flexibility index (Phi) is 5.92. The highest BCUT2D eigenvalue weighted by Gasteiger charge is 2.30. The second-order valence-electron chi connectivity index (χ2n) is 6.04. The Morgan fingerprint density at radius 1 is 1.21 bits per heavy atom. The summed E-state index contributed by atoms with van der Waals surface area (Å²) < 4.78 is 5.83. The van der Waals surface area contributed by atoms with Gasteiger partial charge in [-0.15, -0.1) is 0 Å². The molecule has 0 amide bonds.